The number of hydrogen-bond acceptors (Lipinski definition) is 6. The number of aromatic nitrogens is 4. The molecule has 0 bridgehead atoms. The van der Waals surface area contributed by atoms with E-state index in [2.05, 4.69) is 29.1 Å². The highest BCUT2D eigenvalue weighted by atomic mass is 35.5. The van der Waals surface area contributed by atoms with Gasteiger partial charge in [-0.1, -0.05) is 42.3 Å². The molecule has 3 aromatic rings. The highest BCUT2D eigenvalue weighted by molar-refractivity contribution is 6.35. The van der Waals surface area contributed by atoms with E-state index in [1.54, 1.807) is 23.0 Å². The predicted molar refractivity (Wildman–Crippen MR) is 147 cm³/mol. The van der Waals surface area contributed by atoms with Gasteiger partial charge in [0.2, 0.25) is 0 Å². The van der Waals surface area contributed by atoms with Crippen LogP contribution in [-0.4, -0.2) is 49.8 Å². The molecule has 7 nitrogen and oxygen atoms in total. The summed E-state index contributed by atoms with van der Waals surface area (Å²) in [4.78, 5) is 12.2. The molecule has 4 atom stereocenters. The van der Waals surface area contributed by atoms with E-state index in [0.29, 0.717) is 39.2 Å². The van der Waals surface area contributed by atoms with Gasteiger partial charge in [-0.3, -0.25) is 4.90 Å². The average molecular weight is 547 g/mol. The molecule has 2 aromatic heterocycles. The van der Waals surface area contributed by atoms with Crippen LogP contribution in [0, 0.1) is 17.2 Å². The van der Waals surface area contributed by atoms with Gasteiger partial charge >= 0.3 is 0 Å². The number of nitrogens with zero attached hydrogens (tertiary/aromatic N) is 6. The number of halogens is 3. The number of fused-ring (bicyclic) bond motifs is 1. The number of rotatable bonds is 5. The van der Waals surface area contributed by atoms with Crippen molar-refractivity contribution in [3.63, 3.8) is 0 Å². The van der Waals surface area contributed by atoms with Crippen LogP contribution in [0.3, 0.4) is 0 Å². The minimum atomic E-state index is -0.241. The molecule has 1 aliphatic heterocycles. The molecule has 0 unspecified atom stereocenters. The van der Waals surface area contributed by atoms with Gasteiger partial charge in [0, 0.05) is 28.7 Å². The lowest BCUT2D eigenvalue weighted by Crippen LogP contribution is -2.46. The van der Waals surface area contributed by atoms with Crippen molar-refractivity contribution in [1.29, 1.82) is 5.26 Å². The Hall–Kier alpha value is -2.21. The van der Waals surface area contributed by atoms with Crippen LogP contribution < -0.4 is 5.73 Å². The highest BCUT2D eigenvalue weighted by Crippen LogP contribution is 2.36. The molecule has 0 radical (unpaired) electrons. The van der Waals surface area contributed by atoms with E-state index >= 15 is 0 Å². The molecule has 10 heteroatoms. The highest BCUT2D eigenvalue weighted by Gasteiger charge is 2.34. The molecule has 0 saturated carbocycles. The molecule has 1 fully saturated rings. The van der Waals surface area contributed by atoms with Crippen molar-refractivity contribution in [3.8, 4) is 6.07 Å². The number of benzene rings is 1. The molecular formula is C26H30Cl3N7. The van der Waals surface area contributed by atoms with Crippen LogP contribution in [0.5, 0.6) is 0 Å². The molecule has 1 saturated heterocycles. The fraction of sp³-hybridized carbons (Fsp3) is 0.462. The number of allylic oxidation sites excluding steroid dienone is 1. The molecule has 1 aromatic carbocycles. The van der Waals surface area contributed by atoms with E-state index in [4.69, 9.17) is 38.9 Å². The van der Waals surface area contributed by atoms with Crippen LogP contribution >= 0.6 is 35.6 Å². The van der Waals surface area contributed by atoms with Gasteiger partial charge in [0.15, 0.2) is 11.3 Å². The van der Waals surface area contributed by atoms with Crippen molar-refractivity contribution < 1.29 is 0 Å². The molecule has 0 amide bonds. The molecule has 0 spiro atoms. The van der Waals surface area contributed by atoms with Gasteiger partial charge in [-0.15, -0.1) is 12.4 Å². The largest absolute Gasteiger partial charge is 0.329 e. The monoisotopic (exact) mass is 545 g/mol. The minimum absolute atomic E-state index is 0. The first-order valence-electron chi connectivity index (χ1n) is 12.2. The Morgan fingerprint density at radius 1 is 1.31 bits per heavy atom. The van der Waals surface area contributed by atoms with E-state index in [9.17, 15) is 5.26 Å². The van der Waals surface area contributed by atoms with Crippen molar-refractivity contribution in [1.82, 2.24) is 24.6 Å². The summed E-state index contributed by atoms with van der Waals surface area (Å²) in [5, 5.41) is 15.4. The zero-order valence-corrected chi connectivity index (χ0v) is 22.7. The van der Waals surface area contributed by atoms with Crippen molar-refractivity contribution in [2.45, 2.75) is 57.7 Å². The smallest absolute Gasteiger partial charge is 0.190 e. The standard InChI is InChI=1S/C26H29Cl2N7.ClH/c1-15-10-17(5-8-24(15)34-9-3-4-19(34)12-29)23-14-31-26-25(32-23)22(13-30)33-35(26)16(2)20-7-6-18(27)11-21(20)28;/h5-7,11,14-16,19,24H,3-4,8-10,12,29H2,1-2H3;1H/t15-,16-,19+,24+;/m1./s1. The van der Waals surface area contributed by atoms with Gasteiger partial charge in [0.05, 0.1) is 17.9 Å². The van der Waals surface area contributed by atoms with Gasteiger partial charge in [0.1, 0.15) is 11.6 Å². The summed E-state index contributed by atoms with van der Waals surface area (Å²) in [6.45, 7) is 6.14. The maximum atomic E-state index is 9.77. The maximum absolute atomic E-state index is 9.77. The van der Waals surface area contributed by atoms with E-state index < -0.39 is 0 Å². The maximum Gasteiger partial charge on any atom is 0.190 e. The van der Waals surface area contributed by atoms with Crippen LogP contribution in [-0.2, 0) is 0 Å². The number of hydrogen-bond donors (Lipinski definition) is 1. The zero-order valence-electron chi connectivity index (χ0n) is 20.4. The van der Waals surface area contributed by atoms with Gasteiger partial charge in [-0.05, 0) is 68.3 Å². The van der Waals surface area contributed by atoms with Crippen LogP contribution in [0.1, 0.15) is 62.5 Å². The first-order valence-corrected chi connectivity index (χ1v) is 12.9. The van der Waals surface area contributed by atoms with Crippen LogP contribution in [0.15, 0.2) is 30.5 Å². The molecular weight excluding hydrogens is 517 g/mol. The van der Waals surface area contributed by atoms with Crippen molar-refractivity contribution >= 4 is 52.3 Å². The Morgan fingerprint density at radius 3 is 2.81 bits per heavy atom. The fourth-order valence-corrected chi connectivity index (χ4v) is 6.23. The summed E-state index contributed by atoms with van der Waals surface area (Å²) in [6, 6.07) is 8.32. The molecule has 2 aliphatic rings. The van der Waals surface area contributed by atoms with Crippen LogP contribution in [0.2, 0.25) is 10.0 Å². The minimum Gasteiger partial charge on any atom is -0.329 e. The summed E-state index contributed by atoms with van der Waals surface area (Å²) >= 11 is 12.5. The van der Waals surface area contributed by atoms with E-state index in [-0.39, 0.29) is 24.1 Å². The van der Waals surface area contributed by atoms with Crippen molar-refractivity contribution in [3.05, 3.63) is 57.5 Å². The van der Waals surface area contributed by atoms with E-state index in [0.717, 1.165) is 37.2 Å². The second-order valence-electron chi connectivity index (χ2n) is 9.66. The molecule has 190 valence electrons. The first-order chi connectivity index (χ1) is 16.9. The second kappa shape index (κ2) is 11.0. The third-order valence-corrected chi connectivity index (χ3v) is 8.10. The predicted octanol–water partition coefficient (Wildman–Crippen LogP) is 5.64. The molecule has 2 N–H and O–H groups in total. The summed E-state index contributed by atoms with van der Waals surface area (Å²) in [7, 11) is 0. The van der Waals surface area contributed by atoms with Crippen molar-refractivity contribution in [2.75, 3.05) is 13.1 Å². The molecule has 1 aliphatic carbocycles. The summed E-state index contributed by atoms with van der Waals surface area (Å²) in [5.74, 6) is 0.491. The summed E-state index contributed by atoms with van der Waals surface area (Å²) < 4.78 is 1.72. The number of nitriles is 1. The van der Waals surface area contributed by atoms with Crippen LogP contribution in [0.4, 0.5) is 0 Å². The Kier molecular flexibility index (Phi) is 8.23. The topological polar surface area (TPSA) is 96.6 Å². The zero-order chi connectivity index (χ0) is 24.7. The van der Waals surface area contributed by atoms with Gasteiger partial charge in [-0.2, -0.15) is 10.4 Å². The van der Waals surface area contributed by atoms with Crippen molar-refractivity contribution in [2.24, 2.45) is 11.7 Å². The SMILES string of the molecule is C[C@@H]1CC(c2cnc3c(n2)c(C#N)nn3[C@H](C)c2ccc(Cl)cc2Cl)=CC[C@@H]1N1CCC[C@H]1CN.Cl. The quantitative estimate of drug-likeness (QED) is 0.445. The lowest BCUT2D eigenvalue weighted by molar-refractivity contribution is 0.135. The third kappa shape index (κ3) is 4.85. The average Bonchev–Trinajstić information content (AvgIpc) is 3.47. The Bertz CT molecular complexity index is 1330. The van der Waals surface area contributed by atoms with Gasteiger partial charge in [-0.25, -0.2) is 14.6 Å². The van der Waals surface area contributed by atoms with Gasteiger partial charge < -0.3 is 5.73 Å². The lowest BCUT2D eigenvalue weighted by Gasteiger charge is -2.38. The first kappa shape index (κ1) is 26.8. The Morgan fingerprint density at radius 2 is 2.11 bits per heavy atom. The Balaban J connectivity index is 0.00000304. The fourth-order valence-electron chi connectivity index (χ4n) is 5.66. The van der Waals surface area contributed by atoms with E-state index in [1.807, 2.05) is 13.0 Å². The molecule has 3 heterocycles. The number of nitrogens with two attached hydrogens (primary N) is 1. The van der Waals surface area contributed by atoms with Crippen LogP contribution in [0.25, 0.3) is 16.7 Å². The Labute approximate surface area is 227 Å². The molecule has 5 rings (SSSR count). The summed E-state index contributed by atoms with van der Waals surface area (Å²) in [5.41, 5.74) is 10.2. The number of likely N-dealkylation sites (tertiary alicyclic amines) is 1. The normalized spacial score (nSPS) is 23.2. The lowest BCUT2D eigenvalue weighted by atomic mass is 9.83. The van der Waals surface area contributed by atoms with Gasteiger partial charge in [0.25, 0.3) is 0 Å². The van der Waals surface area contributed by atoms with E-state index in [1.165, 1.54) is 18.4 Å². The third-order valence-electron chi connectivity index (χ3n) is 7.54. The summed E-state index contributed by atoms with van der Waals surface area (Å²) in [6.07, 6.45) is 8.41. The molecule has 36 heavy (non-hydrogen) atoms. The second-order valence-corrected chi connectivity index (χ2v) is 10.5.